The number of benzene rings is 1. The molecule has 0 spiro atoms. The number of anilines is 1. The highest BCUT2D eigenvalue weighted by atomic mass is 16.2. The van der Waals surface area contributed by atoms with Gasteiger partial charge in [-0.25, -0.2) is 0 Å². The minimum Gasteiger partial charge on any atom is -0.369 e. The molecule has 3 rings (SSSR count). The minimum absolute atomic E-state index is 0.152. The maximum Gasteiger partial charge on any atom is 0.253 e. The minimum atomic E-state index is 0.152. The fraction of sp³-hybridized carbons (Fsp3) is 0.632. The summed E-state index contributed by atoms with van der Waals surface area (Å²) in [5.41, 5.74) is 2.03. The lowest BCUT2D eigenvalue weighted by molar-refractivity contribution is 0.0709. The Balaban J connectivity index is 1.60. The predicted octanol–water partition coefficient (Wildman–Crippen LogP) is 1.65. The monoisotopic (exact) mass is 330 g/mol. The Morgan fingerprint density at radius 2 is 1.75 bits per heavy atom. The molecule has 5 heteroatoms. The number of nitrogens with one attached hydrogen (secondary N) is 1. The number of nitrogens with zero attached hydrogens (tertiary/aromatic N) is 3. The predicted molar refractivity (Wildman–Crippen MR) is 98.7 cm³/mol. The summed E-state index contributed by atoms with van der Waals surface area (Å²) in [4.78, 5) is 19.5. The molecule has 1 atom stereocenters. The van der Waals surface area contributed by atoms with Crippen molar-refractivity contribution < 1.29 is 4.79 Å². The lowest BCUT2D eigenvalue weighted by Gasteiger charge is -2.38. The third-order valence-electron chi connectivity index (χ3n) is 5.18. The van der Waals surface area contributed by atoms with Crippen LogP contribution in [-0.4, -0.2) is 73.6 Å². The lowest BCUT2D eigenvalue weighted by atomic mass is 10.1. The van der Waals surface area contributed by atoms with Crippen LogP contribution in [0.2, 0.25) is 0 Å². The van der Waals surface area contributed by atoms with Gasteiger partial charge in [0, 0.05) is 69.1 Å². The van der Waals surface area contributed by atoms with Gasteiger partial charge < -0.3 is 15.1 Å². The molecule has 24 heavy (non-hydrogen) atoms. The van der Waals surface area contributed by atoms with Crippen molar-refractivity contribution in [1.29, 1.82) is 0 Å². The Bertz CT molecular complexity index is 549. The van der Waals surface area contributed by atoms with Gasteiger partial charge in [0.15, 0.2) is 0 Å². The summed E-state index contributed by atoms with van der Waals surface area (Å²) in [6.07, 6.45) is 0. The summed E-state index contributed by atoms with van der Waals surface area (Å²) >= 11 is 0. The molecule has 1 unspecified atom stereocenters. The van der Waals surface area contributed by atoms with Crippen LogP contribution >= 0.6 is 0 Å². The smallest absolute Gasteiger partial charge is 0.253 e. The summed E-state index contributed by atoms with van der Waals surface area (Å²) in [5.74, 6) is 0.152. The van der Waals surface area contributed by atoms with Crippen LogP contribution in [0.15, 0.2) is 24.3 Å². The van der Waals surface area contributed by atoms with Crippen LogP contribution in [0.3, 0.4) is 0 Å². The molecule has 1 N–H and O–H groups in total. The van der Waals surface area contributed by atoms with Gasteiger partial charge in [0.05, 0.1) is 0 Å². The molecule has 0 aromatic heterocycles. The van der Waals surface area contributed by atoms with E-state index < -0.39 is 0 Å². The molecule has 2 aliphatic heterocycles. The quantitative estimate of drug-likeness (QED) is 0.915. The van der Waals surface area contributed by atoms with Crippen LogP contribution in [0.4, 0.5) is 5.69 Å². The van der Waals surface area contributed by atoms with Crippen LogP contribution in [0.1, 0.15) is 31.1 Å². The summed E-state index contributed by atoms with van der Waals surface area (Å²) in [6, 6.07) is 9.17. The van der Waals surface area contributed by atoms with Crippen molar-refractivity contribution in [2.75, 3.05) is 50.7 Å². The zero-order valence-electron chi connectivity index (χ0n) is 15.2. The van der Waals surface area contributed by atoms with Gasteiger partial charge >= 0.3 is 0 Å². The number of hydrogen-bond donors (Lipinski definition) is 1. The molecule has 1 amide bonds. The Labute approximate surface area is 145 Å². The third kappa shape index (κ3) is 3.90. The number of amides is 1. The van der Waals surface area contributed by atoms with E-state index in [1.165, 1.54) is 5.69 Å². The van der Waals surface area contributed by atoms with E-state index in [1.807, 2.05) is 17.0 Å². The van der Waals surface area contributed by atoms with Crippen LogP contribution in [0, 0.1) is 0 Å². The van der Waals surface area contributed by atoms with Crippen molar-refractivity contribution in [3.8, 4) is 0 Å². The van der Waals surface area contributed by atoms with Gasteiger partial charge in [-0.15, -0.1) is 0 Å². The third-order valence-corrected chi connectivity index (χ3v) is 5.18. The van der Waals surface area contributed by atoms with Crippen LogP contribution in [0.25, 0.3) is 0 Å². The standard InChI is InChI=1S/C19H30N4O/c1-15(2)21-10-12-22(13-11-21)18-6-4-17(5-7-18)19(24)23-9-8-20-16(3)14-23/h4-7,15-16,20H,8-14H2,1-3H3. The van der Waals surface area contributed by atoms with E-state index in [4.69, 9.17) is 0 Å². The van der Waals surface area contributed by atoms with Gasteiger partial charge in [-0.3, -0.25) is 9.69 Å². The first-order valence-electron chi connectivity index (χ1n) is 9.16. The van der Waals surface area contributed by atoms with Crippen LogP contribution in [-0.2, 0) is 0 Å². The van der Waals surface area contributed by atoms with Crippen molar-refractivity contribution in [3.63, 3.8) is 0 Å². The zero-order chi connectivity index (χ0) is 17.1. The van der Waals surface area contributed by atoms with Crippen molar-refractivity contribution in [3.05, 3.63) is 29.8 Å². The average molecular weight is 330 g/mol. The maximum absolute atomic E-state index is 12.6. The molecule has 132 valence electrons. The first-order chi connectivity index (χ1) is 11.5. The summed E-state index contributed by atoms with van der Waals surface area (Å²) < 4.78 is 0. The normalized spacial score (nSPS) is 22.9. The molecule has 5 nitrogen and oxygen atoms in total. The van der Waals surface area contributed by atoms with Crippen molar-refractivity contribution in [2.24, 2.45) is 0 Å². The van der Waals surface area contributed by atoms with Crippen molar-refractivity contribution in [1.82, 2.24) is 15.1 Å². The van der Waals surface area contributed by atoms with E-state index in [1.54, 1.807) is 0 Å². The van der Waals surface area contributed by atoms with E-state index in [9.17, 15) is 4.79 Å². The second-order valence-electron chi connectivity index (χ2n) is 7.27. The molecule has 0 aliphatic carbocycles. The van der Waals surface area contributed by atoms with Gasteiger partial charge in [-0.1, -0.05) is 0 Å². The summed E-state index contributed by atoms with van der Waals surface area (Å²) in [7, 11) is 0. The second-order valence-corrected chi connectivity index (χ2v) is 7.27. The van der Waals surface area contributed by atoms with Gasteiger partial charge in [0.2, 0.25) is 0 Å². The molecule has 1 aromatic carbocycles. The number of carbonyl (C=O) groups excluding carboxylic acids is 1. The molecular formula is C19H30N4O. The highest BCUT2D eigenvalue weighted by Crippen LogP contribution is 2.19. The molecule has 0 saturated carbocycles. The molecule has 2 saturated heterocycles. The van der Waals surface area contributed by atoms with Gasteiger partial charge in [0.25, 0.3) is 5.91 Å². The average Bonchev–Trinajstić information content (AvgIpc) is 2.61. The first-order valence-corrected chi connectivity index (χ1v) is 9.16. The van der Waals surface area contributed by atoms with Crippen molar-refractivity contribution >= 4 is 11.6 Å². The summed E-state index contributed by atoms with van der Waals surface area (Å²) in [5, 5.41) is 3.38. The fourth-order valence-corrected chi connectivity index (χ4v) is 3.61. The zero-order valence-corrected chi connectivity index (χ0v) is 15.2. The number of rotatable bonds is 3. The first kappa shape index (κ1) is 17.2. The largest absolute Gasteiger partial charge is 0.369 e. The Hall–Kier alpha value is -1.59. The Kier molecular flexibility index (Phi) is 5.41. The highest BCUT2D eigenvalue weighted by molar-refractivity contribution is 5.94. The molecule has 0 bridgehead atoms. The summed E-state index contributed by atoms with van der Waals surface area (Å²) in [6.45, 7) is 13.4. The lowest BCUT2D eigenvalue weighted by Crippen LogP contribution is -2.51. The van der Waals surface area contributed by atoms with E-state index in [0.717, 1.165) is 51.4 Å². The van der Waals surface area contributed by atoms with Gasteiger partial charge in [0.1, 0.15) is 0 Å². The van der Waals surface area contributed by atoms with Gasteiger partial charge in [-0.05, 0) is 45.0 Å². The number of piperazine rings is 2. The molecular weight excluding hydrogens is 300 g/mol. The van der Waals surface area contributed by atoms with Crippen LogP contribution in [0.5, 0.6) is 0 Å². The highest BCUT2D eigenvalue weighted by Gasteiger charge is 2.22. The molecule has 2 aliphatic rings. The SMILES string of the molecule is CC1CN(C(=O)c2ccc(N3CCN(C(C)C)CC3)cc2)CCN1. The van der Waals surface area contributed by atoms with Crippen LogP contribution < -0.4 is 10.2 Å². The van der Waals surface area contributed by atoms with Crippen molar-refractivity contribution in [2.45, 2.75) is 32.9 Å². The van der Waals surface area contributed by atoms with E-state index >= 15 is 0 Å². The van der Waals surface area contributed by atoms with E-state index in [-0.39, 0.29) is 5.91 Å². The Morgan fingerprint density at radius 1 is 1.08 bits per heavy atom. The fourth-order valence-electron chi connectivity index (χ4n) is 3.61. The maximum atomic E-state index is 12.6. The molecule has 1 aromatic rings. The molecule has 2 heterocycles. The van der Waals surface area contributed by atoms with Gasteiger partial charge in [-0.2, -0.15) is 0 Å². The Morgan fingerprint density at radius 3 is 2.33 bits per heavy atom. The number of hydrogen-bond acceptors (Lipinski definition) is 4. The number of carbonyl (C=O) groups is 1. The molecule has 0 radical (unpaired) electrons. The molecule has 2 fully saturated rings. The topological polar surface area (TPSA) is 38.8 Å². The second kappa shape index (κ2) is 7.53. The van der Waals surface area contributed by atoms with E-state index in [0.29, 0.717) is 12.1 Å². The van der Waals surface area contributed by atoms with E-state index in [2.05, 4.69) is 48.0 Å².